The molecule has 0 atom stereocenters. The molecular weight excluding hydrogens is 312 g/mol. The second kappa shape index (κ2) is 8.58. The number of H-pyrrole nitrogens is 1. The van der Waals surface area contributed by atoms with Crippen molar-refractivity contribution in [1.29, 1.82) is 0 Å². The zero-order valence-corrected chi connectivity index (χ0v) is 14.6. The number of unbranched alkanes of at least 4 members (excludes halogenated alkanes) is 3. The highest BCUT2D eigenvalue weighted by molar-refractivity contribution is 5.79. The Balaban J connectivity index is 1.65. The van der Waals surface area contributed by atoms with Crippen LogP contribution in [0.1, 0.15) is 38.2 Å². The third kappa shape index (κ3) is 4.54. The average Bonchev–Trinajstić information content (AvgIpc) is 2.65. The summed E-state index contributed by atoms with van der Waals surface area (Å²) in [5.74, 6) is 0.593. The summed E-state index contributed by atoms with van der Waals surface area (Å²) < 4.78 is 5.72. The maximum atomic E-state index is 12.2. The number of nitrogens with zero attached hydrogens (tertiary/aromatic N) is 1. The van der Waals surface area contributed by atoms with Crippen LogP contribution < -0.4 is 5.56 Å². The fourth-order valence-corrected chi connectivity index (χ4v) is 2.80. The van der Waals surface area contributed by atoms with Crippen molar-refractivity contribution in [1.82, 2.24) is 9.97 Å². The van der Waals surface area contributed by atoms with Gasteiger partial charge in [-0.3, -0.25) is 4.79 Å². The Morgan fingerprint density at radius 2 is 1.80 bits per heavy atom. The summed E-state index contributed by atoms with van der Waals surface area (Å²) in [5.41, 5.74) is 2.62. The lowest BCUT2D eigenvalue weighted by molar-refractivity contribution is 0.117. The second-order valence-electron chi connectivity index (χ2n) is 6.24. The van der Waals surface area contributed by atoms with Gasteiger partial charge in [0.25, 0.3) is 5.56 Å². The predicted molar refractivity (Wildman–Crippen MR) is 102 cm³/mol. The van der Waals surface area contributed by atoms with Crippen LogP contribution in [0, 0.1) is 0 Å². The second-order valence-corrected chi connectivity index (χ2v) is 6.24. The lowest BCUT2D eigenvalue weighted by Crippen LogP contribution is -2.09. The molecule has 0 saturated heterocycles. The molecule has 0 saturated carbocycles. The summed E-state index contributed by atoms with van der Waals surface area (Å²) in [6, 6.07) is 15.4. The third-order valence-corrected chi connectivity index (χ3v) is 4.25. The highest BCUT2D eigenvalue weighted by Crippen LogP contribution is 2.17. The standard InChI is InChI=1S/C21H24N2O2/c1-2-3-4-7-14-25-15-16-10-12-17(13-11-16)20-22-19-9-6-5-8-18(19)21(24)23-20/h5-6,8-13H,2-4,7,14-15H2,1H3,(H,22,23,24). The molecule has 0 fully saturated rings. The minimum atomic E-state index is -0.111. The minimum Gasteiger partial charge on any atom is -0.377 e. The number of fused-ring (bicyclic) bond motifs is 1. The van der Waals surface area contributed by atoms with Crippen molar-refractivity contribution in [2.45, 2.75) is 39.2 Å². The molecule has 3 rings (SSSR count). The zero-order chi connectivity index (χ0) is 17.5. The number of nitrogens with one attached hydrogen (secondary N) is 1. The number of hydrogen-bond donors (Lipinski definition) is 1. The SMILES string of the molecule is CCCCCCOCc1ccc(-c2nc3ccccc3c(=O)[nH]2)cc1. The van der Waals surface area contributed by atoms with E-state index in [0.29, 0.717) is 23.3 Å². The molecule has 1 N–H and O–H groups in total. The molecule has 0 spiro atoms. The molecule has 0 aliphatic rings. The highest BCUT2D eigenvalue weighted by atomic mass is 16.5. The highest BCUT2D eigenvalue weighted by Gasteiger charge is 2.05. The number of para-hydroxylation sites is 1. The van der Waals surface area contributed by atoms with Gasteiger partial charge in [-0.1, -0.05) is 62.6 Å². The molecule has 4 heteroatoms. The van der Waals surface area contributed by atoms with Crippen LogP contribution in [0.4, 0.5) is 0 Å². The van der Waals surface area contributed by atoms with Crippen molar-refractivity contribution in [3.05, 3.63) is 64.4 Å². The number of aromatic nitrogens is 2. The Labute approximate surface area is 147 Å². The Bertz CT molecular complexity index is 869. The van der Waals surface area contributed by atoms with E-state index in [9.17, 15) is 4.79 Å². The third-order valence-electron chi connectivity index (χ3n) is 4.25. The van der Waals surface area contributed by atoms with Crippen molar-refractivity contribution in [3.63, 3.8) is 0 Å². The minimum absolute atomic E-state index is 0.111. The lowest BCUT2D eigenvalue weighted by Gasteiger charge is -2.06. The van der Waals surface area contributed by atoms with E-state index in [1.54, 1.807) is 6.07 Å². The van der Waals surface area contributed by atoms with Gasteiger partial charge in [-0.05, 0) is 24.1 Å². The van der Waals surface area contributed by atoms with Crippen molar-refractivity contribution in [3.8, 4) is 11.4 Å². The molecule has 0 amide bonds. The summed E-state index contributed by atoms with van der Waals surface area (Å²) >= 11 is 0. The quantitative estimate of drug-likeness (QED) is 0.607. The van der Waals surface area contributed by atoms with E-state index in [1.807, 2.05) is 42.5 Å². The molecule has 0 bridgehead atoms. The first-order valence-corrected chi connectivity index (χ1v) is 8.94. The maximum absolute atomic E-state index is 12.2. The van der Waals surface area contributed by atoms with E-state index >= 15 is 0 Å². The molecule has 0 radical (unpaired) electrons. The first-order chi connectivity index (χ1) is 12.3. The first kappa shape index (κ1) is 17.4. The molecule has 0 aliphatic heterocycles. The summed E-state index contributed by atoms with van der Waals surface area (Å²) in [6.07, 6.45) is 4.87. The predicted octanol–water partition coefficient (Wildman–Crippen LogP) is 4.69. The summed E-state index contributed by atoms with van der Waals surface area (Å²) in [6.45, 7) is 3.63. The number of ether oxygens (including phenoxy) is 1. The van der Waals surface area contributed by atoms with Gasteiger partial charge in [-0.15, -0.1) is 0 Å². The summed E-state index contributed by atoms with van der Waals surface area (Å²) in [5, 5.41) is 0.611. The number of benzene rings is 2. The number of rotatable bonds is 8. The van der Waals surface area contributed by atoms with Gasteiger partial charge in [0.1, 0.15) is 5.82 Å². The van der Waals surface area contributed by atoms with E-state index in [0.717, 1.165) is 24.2 Å². The maximum Gasteiger partial charge on any atom is 0.259 e. The first-order valence-electron chi connectivity index (χ1n) is 8.94. The molecule has 0 aliphatic carbocycles. The van der Waals surface area contributed by atoms with E-state index in [4.69, 9.17) is 4.74 Å². The van der Waals surface area contributed by atoms with Gasteiger partial charge in [0, 0.05) is 12.2 Å². The van der Waals surface area contributed by atoms with Gasteiger partial charge in [-0.25, -0.2) is 4.98 Å². The molecule has 2 aromatic carbocycles. The van der Waals surface area contributed by atoms with Crippen LogP contribution in [0.2, 0.25) is 0 Å². The molecule has 1 aromatic heterocycles. The molecular formula is C21H24N2O2. The van der Waals surface area contributed by atoms with E-state index < -0.39 is 0 Å². The molecule has 4 nitrogen and oxygen atoms in total. The van der Waals surface area contributed by atoms with Gasteiger partial charge in [0.2, 0.25) is 0 Å². The molecule has 130 valence electrons. The normalized spacial score (nSPS) is 11.1. The van der Waals surface area contributed by atoms with Gasteiger partial charge >= 0.3 is 0 Å². The smallest absolute Gasteiger partial charge is 0.259 e. The van der Waals surface area contributed by atoms with Gasteiger partial charge < -0.3 is 9.72 Å². The van der Waals surface area contributed by atoms with Crippen LogP contribution in [0.5, 0.6) is 0 Å². The topological polar surface area (TPSA) is 55.0 Å². The Morgan fingerprint density at radius 3 is 2.60 bits per heavy atom. The largest absolute Gasteiger partial charge is 0.377 e. The van der Waals surface area contributed by atoms with Crippen molar-refractivity contribution >= 4 is 10.9 Å². The number of hydrogen-bond acceptors (Lipinski definition) is 3. The van der Waals surface area contributed by atoms with Crippen LogP contribution in [0.3, 0.4) is 0 Å². The average molecular weight is 336 g/mol. The van der Waals surface area contributed by atoms with Crippen LogP contribution in [0.15, 0.2) is 53.3 Å². The van der Waals surface area contributed by atoms with Crippen LogP contribution in [0.25, 0.3) is 22.3 Å². The van der Waals surface area contributed by atoms with E-state index in [-0.39, 0.29) is 5.56 Å². The van der Waals surface area contributed by atoms with E-state index in [1.165, 1.54) is 19.3 Å². The Morgan fingerprint density at radius 1 is 1.00 bits per heavy atom. The fourth-order valence-electron chi connectivity index (χ4n) is 2.80. The molecule has 1 heterocycles. The molecule has 25 heavy (non-hydrogen) atoms. The summed E-state index contributed by atoms with van der Waals surface area (Å²) in [4.78, 5) is 19.6. The monoisotopic (exact) mass is 336 g/mol. The zero-order valence-electron chi connectivity index (χ0n) is 14.6. The van der Waals surface area contributed by atoms with Gasteiger partial charge in [0.05, 0.1) is 17.5 Å². The van der Waals surface area contributed by atoms with Crippen molar-refractivity contribution in [2.75, 3.05) is 6.61 Å². The number of aromatic amines is 1. The van der Waals surface area contributed by atoms with E-state index in [2.05, 4.69) is 16.9 Å². The van der Waals surface area contributed by atoms with Crippen LogP contribution in [-0.2, 0) is 11.3 Å². The van der Waals surface area contributed by atoms with Gasteiger partial charge in [0.15, 0.2) is 0 Å². The Kier molecular flexibility index (Phi) is 5.96. The fraction of sp³-hybridized carbons (Fsp3) is 0.333. The van der Waals surface area contributed by atoms with Crippen molar-refractivity contribution < 1.29 is 4.74 Å². The van der Waals surface area contributed by atoms with Gasteiger partial charge in [-0.2, -0.15) is 0 Å². The Hall–Kier alpha value is -2.46. The lowest BCUT2D eigenvalue weighted by atomic mass is 10.1. The van der Waals surface area contributed by atoms with Crippen LogP contribution in [-0.4, -0.2) is 16.6 Å². The molecule has 3 aromatic rings. The van der Waals surface area contributed by atoms with Crippen molar-refractivity contribution in [2.24, 2.45) is 0 Å². The summed E-state index contributed by atoms with van der Waals surface area (Å²) in [7, 11) is 0. The van der Waals surface area contributed by atoms with Crippen LogP contribution >= 0.6 is 0 Å². The molecule has 0 unspecified atom stereocenters.